The van der Waals surface area contributed by atoms with Gasteiger partial charge in [0.1, 0.15) is 0 Å². The van der Waals surface area contributed by atoms with E-state index < -0.39 is 0 Å². The minimum atomic E-state index is -0.254. The van der Waals surface area contributed by atoms with Gasteiger partial charge >= 0.3 is 5.97 Å². The number of hydrogen-bond acceptors (Lipinski definition) is 2. The van der Waals surface area contributed by atoms with Crippen molar-refractivity contribution < 1.29 is 9.53 Å². The fourth-order valence-corrected chi connectivity index (χ4v) is 2.70. The van der Waals surface area contributed by atoms with Crippen molar-refractivity contribution in [2.45, 2.75) is 98.3 Å². The van der Waals surface area contributed by atoms with Crippen LogP contribution in [0.1, 0.15) is 98.3 Å². The van der Waals surface area contributed by atoms with E-state index in [2.05, 4.69) is 20.8 Å². The summed E-state index contributed by atoms with van der Waals surface area (Å²) in [6, 6.07) is 0. The van der Waals surface area contributed by atoms with Gasteiger partial charge in [0.25, 0.3) is 0 Å². The van der Waals surface area contributed by atoms with E-state index in [1.807, 2.05) is 6.92 Å². The first-order valence-electron chi connectivity index (χ1n) is 8.78. The lowest BCUT2D eigenvalue weighted by Crippen LogP contribution is -2.30. The Morgan fingerprint density at radius 2 is 1.25 bits per heavy atom. The lowest BCUT2D eigenvalue weighted by atomic mass is 9.79. The van der Waals surface area contributed by atoms with Gasteiger partial charge in [0.15, 0.2) is 0 Å². The molecule has 0 N–H and O–H groups in total. The van der Waals surface area contributed by atoms with Crippen LogP contribution in [0.15, 0.2) is 0 Å². The van der Waals surface area contributed by atoms with Crippen LogP contribution in [0.2, 0.25) is 0 Å². The largest absolute Gasteiger partial charge is 0.466 e. The second kappa shape index (κ2) is 12.2. The Kier molecular flexibility index (Phi) is 11.9. The molecule has 0 bridgehead atoms. The average Bonchev–Trinajstić information content (AvgIpc) is 2.44. The number of ether oxygens (including phenoxy) is 1. The minimum absolute atomic E-state index is 0.0204. The van der Waals surface area contributed by atoms with Crippen LogP contribution < -0.4 is 0 Å². The third-order valence-corrected chi connectivity index (χ3v) is 4.18. The van der Waals surface area contributed by atoms with Gasteiger partial charge in [-0.3, -0.25) is 4.79 Å². The van der Waals surface area contributed by atoms with Crippen molar-refractivity contribution in [2.24, 2.45) is 5.41 Å². The molecule has 0 aromatic heterocycles. The van der Waals surface area contributed by atoms with Gasteiger partial charge in [0, 0.05) is 0 Å². The number of hydrogen-bond donors (Lipinski definition) is 0. The summed E-state index contributed by atoms with van der Waals surface area (Å²) >= 11 is 0. The van der Waals surface area contributed by atoms with Crippen molar-refractivity contribution in [3.8, 4) is 0 Å². The number of esters is 1. The summed E-state index contributed by atoms with van der Waals surface area (Å²) in [5.41, 5.74) is -0.254. The molecule has 0 fully saturated rings. The Labute approximate surface area is 126 Å². The van der Waals surface area contributed by atoms with Gasteiger partial charge in [0.2, 0.25) is 0 Å². The van der Waals surface area contributed by atoms with Gasteiger partial charge in [-0.15, -0.1) is 0 Å². The van der Waals surface area contributed by atoms with E-state index in [4.69, 9.17) is 4.74 Å². The molecule has 0 saturated heterocycles. The molecule has 120 valence electrons. The highest BCUT2D eigenvalue weighted by molar-refractivity contribution is 5.76. The molecule has 0 radical (unpaired) electrons. The molecule has 2 heteroatoms. The smallest absolute Gasteiger partial charge is 0.311 e. The summed E-state index contributed by atoms with van der Waals surface area (Å²) in [7, 11) is 0. The third-order valence-electron chi connectivity index (χ3n) is 4.18. The topological polar surface area (TPSA) is 26.3 Å². The van der Waals surface area contributed by atoms with E-state index in [0.29, 0.717) is 6.61 Å². The molecule has 0 aliphatic carbocycles. The molecule has 0 aromatic rings. The van der Waals surface area contributed by atoms with Crippen LogP contribution in [0.25, 0.3) is 0 Å². The van der Waals surface area contributed by atoms with Crippen LogP contribution >= 0.6 is 0 Å². The number of unbranched alkanes of at least 4 members (excludes halogenated alkanes) is 7. The quantitative estimate of drug-likeness (QED) is 0.311. The molecule has 1 unspecified atom stereocenters. The number of carbonyl (C=O) groups excluding carboxylic acids is 1. The van der Waals surface area contributed by atoms with Crippen molar-refractivity contribution in [3.63, 3.8) is 0 Å². The van der Waals surface area contributed by atoms with E-state index in [-0.39, 0.29) is 11.4 Å². The predicted octanol–water partition coefficient (Wildman–Crippen LogP) is 5.89. The van der Waals surface area contributed by atoms with Crippen molar-refractivity contribution in [1.82, 2.24) is 0 Å². The van der Waals surface area contributed by atoms with Crippen molar-refractivity contribution in [1.29, 1.82) is 0 Å². The van der Waals surface area contributed by atoms with Crippen LogP contribution in [0.5, 0.6) is 0 Å². The first kappa shape index (κ1) is 19.5. The van der Waals surface area contributed by atoms with Gasteiger partial charge in [0.05, 0.1) is 12.0 Å². The monoisotopic (exact) mass is 284 g/mol. The summed E-state index contributed by atoms with van der Waals surface area (Å²) in [5, 5.41) is 0. The van der Waals surface area contributed by atoms with E-state index in [0.717, 1.165) is 25.7 Å². The molecule has 0 aliphatic heterocycles. The Balaban J connectivity index is 4.19. The molecule has 0 spiro atoms. The molecule has 0 saturated carbocycles. The number of carbonyl (C=O) groups is 1. The Morgan fingerprint density at radius 3 is 1.70 bits per heavy atom. The highest BCUT2D eigenvalue weighted by Crippen LogP contribution is 2.33. The van der Waals surface area contributed by atoms with Crippen molar-refractivity contribution in [2.75, 3.05) is 6.61 Å². The maximum absolute atomic E-state index is 12.2. The van der Waals surface area contributed by atoms with Gasteiger partial charge in [-0.05, 0) is 26.7 Å². The highest BCUT2D eigenvalue weighted by Gasteiger charge is 2.33. The SMILES string of the molecule is CCCCCCCC(C)(CCCCCC)C(=O)OCC. The van der Waals surface area contributed by atoms with Crippen LogP contribution in [0.3, 0.4) is 0 Å². The Bertz CT molecular complexity index is 238. The normalized spacial score (nSPS) is 14.0. The molecule has 0 aliphatic rings. The summed E-state index contributed by atoms with van der Waals surface area (Å²) in [4.78, 5) is 12.2. The third kappa shape index (κ3) is 8.60. The molecule has 0 aromatic carbocycles. The average molecular weight is 284 g/mol. The maximum Gasteiger partial charge on any atom is 0.311 e. The first-order chi connectivity index (χ1) is 9.60. The van der Waals surface area contributed by atoms with Crippen molar-refractivity contribution >= 4 is 5.97 Å². The standard InChI is InChI=1S/C18H36O2/c1-5-8-10-12-14-16-18(4,17(19)20-7-3)15-13-11-9-6-2/h5-16H2,1-4H3. The van der Waals surface area contributed by atoms with E-state index in [1.165, 1.54) is 44.9 Å². The summed E-state index contributed by atoms with van der Waals surface area (Å²) in [5.74, 6) is 0.0204. The lowest BCUT2D eigenvalue weighted by molar-refractivity contribution is -0.155. The van der Waals surface area contributed by atoms with E-state index in [1.54, 1.807) is 0 Å². The zero-order valence-electron chi connectivity index (χ0n) is 14.3. The van der Waals surface area contributed by atoms with Gasteiger partial charge in [-0.25, -0.2) is 0 Å². The summed E-state index contributed by atoms with van der Waals surface area (Å²) in [6.07, 6.45) is 13.2. The van der Waals surface area contributed by atoms with Crippen LogP contribution in [-0.2, 0) is 9.53 Å². The van der Waals surface area contributed by atoms with E-state index in [9.17, 15) is 4.79 Å². The molecule has 20 heavy (non-hydrogen) atoms. The molecule has 0 amide bonds. The lowest BCUT2D eigenvalue weighted by Gasteiger charge is -2.27. The molecular formula is C18H36O2. The predicted molar refractivity (Wildman–Crippen MR) is 86.9 cm³/mol. The van der Waals surface area contributed by atoms with Gasteiger partial charge in [-0.2, -0.15) is 0 Å². The second-order valence-corrected chi connectivity index (χ2v) is 6.26. The van der Waals surface area contributed by atoms with E-state index >= 15 is 0 Å². The number of rotatable bonds is 13. The zero-order valence-corrected chi connectivity index (χ0v) is 14.3. The summed E-state index contributed by atoms with van der Waals surface area (Å²) < 4.78 is 5.30. The fourth-order valence-electron chi connectivity index (χ4n) is 2.70. The zero-order chi connectivity index (χ0) is 15.3. The second-order valence-electron chi connectivity index (χ2n) is 6.26. The van der Waals surface area contributed by atoms with Crippen LogP contribution in [-0.4, -0.2) is 12.6 Å². The Hall–Kier alpha value is -0.530. The molecule has 2 nitrogen and oxygen atoms in total. The summed E-state index contributed by atoms with van der Waals surface area (Å²) in [6.45, 7) is 8.96. The maximum atomic E-state index is 12.2. The molecular weight excluding hydrogens is 248 g/mol. The first-order valence-corrected chi connectivity index (χ1v) is 8.78. The molecule has 0 heterocycles. The minimum Gasteiger partial charge on any atom is -0.466 e. The molecule has 1 atom stereocenters. The van der Waals surface area contributed by atoms with Crippen molar-refractivity contribution in [3.05, 3.63) is 0 Å². The van der Waals surface area contributed by atoms with Gasteiger partial charge in [-0.1, -0.05) is 71.6 Å². The van der Waals surface area contributed by atoms with Gasteiger partial charge < -0.3 is 4.74 Å². The highest BCUT2D eigenvalue weighted by atomic mass is 16.5. The van der Waals surface area contributed by atoms with Crippen LogP contribution in [0, 0.1) is 5.41 Å². The molecule has 0 rings (SSSR count). The Morgan fingerprint density at radius 1 is 0.800 bits per heavy atom. The fraction of sp³-hybridized carbons (Fsp3) is 0.944. The van der Waals surface area contributed by atoms with Crippen LogP contribution in [0.4, 0.5) is 0 Å².